The lowest BCUT2D eigenvalue weighted by Gasteiger charge is -2.20. The molecule has 1 rings (SSSR count). The largest absolute Gasteiger partial charge is 0.497 e. The minimum atomic E-state index is 0.359. The molecule has 3 heteroatoms. The van der Waals surface area contributed by atoms with E-state index in [0.717, 1.165) is 11.5 Å². The number of rotatable bonds is 6. The summed E-state index contributed by atoms with van der Waals surface area (Å²) >= 11 is 1.87. The van der Waals surface area contributed by atoms with E-state index in [1.165, 1.54) is 5.56 Å². The van der Waals surface area contributed by atoms with Gasteiger partial charge in [0, 0.05) is 17.8 Å². The fraction of sp³-hybridized carbons (Fsp3) is 0.538. The van der Waals surface area contributed by atoms with Gasteiger partial charge in [0.15, 0.2) is 0 Å². The Bertz CT molecular complexity index is 317. The molecule has 2 nitrogen and oxygen atoms in total. The summed E-state index contributed by atoms with van der Waals surface area (Å²) < 4.78 is 5.23. The van der Waals surface area contributed by atoms with E-state index in [1.807, 2.05) is 23.9 Å². The van der Waals surface area contributed by atoms with Crippen molar-refractivity contribution >= 4 is 11.8 Å². The summed E-state index contributed by atoms with van der Waals surface area (Å²) in [6, 6.07) is 9.11. The van der Waals surface area contributed by atoms with Crippen LogP contribution in [0.3, 0.4) is 0 Å². The van der Waals surface area contributed by atoms with Crippen LogP contribution in [-0.2, 0) is 0 Å². The molecule has 90 valence electrons. The summed E-state index contributed by atoms with van der Waals surface area (Å²) in [4.78, 5) is 0. The van der Waals surface area contributed by atoms with Crippen molar-refractivity contribution in [1.29, 1.82) is 0 Å². The summed E-state index contributed by atoms with van der Waals surface area (Å²) in [5, 5.41) is 3.57. The predicted octanol–water partition coefficient (Wildman–Crippen LogP) is 3.10. The number of nitrogens with one attached hydrogen (secondary N) is 1. The highest BCUT2D eigenvalue weighted by atomic mass is 32.2. The topological polar surface area (TPSA) is 21.3 Å². The van der Waals surface area contributed by atoms with Crippen LogP contribution in [-0.4, -0.2) is 25.2 Å². The maximum atomic E-state index is 5.23. The third-order valence-corrected chi connectivity index (χ3v) is 3.38. The minimum absolute atomic E-state index is 0.359. The van der Waals surface area contributed by atoms with Crippen molar-refractivity contribution in [2.75, 3.05) is 19.1 Å². The highest BCUT2D eigenvalue weighted by Gasteiger charge is 2.09. The molecule has 2 unspecified atom stereocenters. The Labute approximate surface area is 103 Å². The van der Waals surface area contributed by atoms with Gasteiger partial charge in [0.25, 0.3) is 0 Å². The van der Waals surface area contributed by atoms with Gasteiger partial charge >= 0.3 is 0 Å². The average molecular weight is 239 g/mol. The second-order valence-corrected chi connectivity index (χ2v) is 4.93. The second-order valence-electron chi connectivity index (χ2n) is 4.02. The first-order chi connectivity index (χ1) is 7.67. The van der Waals surface area contributed by atoms with Crippen LogP contribution in [0.5, 0.6) is 5.75 Å². The third kappa shape index (κ3) is 4.06. The maximum Gasteiger partial charge on any atom is 0.119 e. The zero-order valence-electron chi connectivity index (χ0n) is 10.5. The zero-order chi connectivity index (χ0) is 12.0. The first-order valence-corrected chi connectivity index (χ1v) is 6.95. The molecule has 1 N–H and O–H groups in total. The summed E-state index contributed by atoms with van der Waals surface area (Å²) in [6.07, 6.45) is 2.13. The van der Waals surface area contributed by atoms with E-state index in [0.29, 0.717) is 12.1 Å². The molecule has 16 heavy (non-hydrogen) atoms. The van der Waals surface area contributed by atoms with Crippen LogP contribution in [0.2, 0.25) is 0 Å². The number of thioether (sulfide) groups is 1. The lowest BCUT2D eigenvalue weighted by molar-refractivity contribution is 0.412. The molecule has 0 bridgehead atoms. The first-order valence-electron chi connectivity index (χ1n) is 5.56. The molecular weight excluding hydrogens is 218 g/mol. The van der Waals surface area contributed by atoms with E-state index in [-0.39, 0.29) is 0 Å². The zero-order valence-corrected chi connectivity index (χ0v) is 11.3. The summed E-state index contributed by atoms with van der Waals surface area (Å²) in [6.45, 7) is 4.40. The van der Waals surface area contributed by atoms with Gasteiger partial charge < -0.3 is 10.1 Å². The van der Waals surface area contributed by atoms with Crippen LogP contribution < -0.4 is 10.1 Å². The normalized spacial score (nSPS) is 14.5. The van der Waals surface area contributed by atoms with E-state index in [2.05, 4.69) is 37.6 Å². The number of hydrogen-bond donors (Lipinski definition) is 1. The molecule has 0 fully saturated rings. The quantitative estimate of drug-likeness (QED) is 0.824. The van der Waals surface area contributed by atoms with Crippen molar-refractivity contribution in [3.8, 4) is 5.75 Å². The second kappa shape index (κ2) is 6.81. The van der Waals surface area contributed by atoms with Gasteiger partial charge in [-0.05, 0) is 37.8 Å². The van der Waals surface area contributed by atoms with Crippen LogP contribution in [0, 0.1) is 0 Å². The van der Waals surface area contributed by atoms with Crippen LogP contribution in [0.1, 0.15) is 25.5 Å². The Balaban J connectivity index is 2.61. The highest BCUT2D eigenvalue weighted by Crippen LogP contribution is 2.19. The number of hydrogen-bond acceptors (Lipinski definition) is 3. The van der Waals surface area contributed by atoms with Gasteiger partial charge in [-0.15, -0.1) is 0 Å². The maximum absolute atomic E-state index is 5.23. The molecule has 0 radical (unpaired) electrons. The van der Waals surface area contributed by atoms with Crippen LogP contribution >= 0.6 is 11.8 Å². The predicted molar refractivity (Wildman–Crippen MR) is 72.4 cm³/mol. The summed E-state index contributed by atoms with van der Waals surface area (Å²) in [5.74, 6) is 2.05. The average Bonchev–Trinajstić information content (AvgIpc) is 2.29. The molecule has 0 heterocycles. The summed E-state index contributed by atoms with van der Waals surface area (Å²) in [7, 11) is 1.70. The Morgan fingerprint density at radius 3 is 2.75 bits per heavy atom. The lowest BCUT2D eigenvalue weighted by Crippen LogP contribution is -2.30. The van der Waals surface area contributed by atoms with Gasteiger partial charge in [0.05, 0.1) is 7.11 Å². The molecule has 0 aliphatic rings. The minimum Gasteiger partial charge on any atom is -0.497 e. The van der Waals surface area contributed by atoms with E-state index >= 15 is 0 Å². The van der Waals surface area contributed by atoms with E-state index in [9.17, 15) is 0 Å². The van der Waals surface area contributed by atoms with Crippen LogP contribution in [0.4, 0.5) is 0 Å². The van der Waals surface area contributed by atoms with Crippen LogP contribution in [0.25, 0.3) is 0 Å². The van der Waals surface area contributed by atoms with Crippen molar-refractivity contribution < 1.29 is 4.74 Å². The molecule has 0 saturated heterocycles. The Morgan fingerprint density at radius 2 is 2.12 bits per heavy atom. The van der Waals surface area contributed by atoms with Gasteiger partial charge in [0.1, 0.15) is 5.75 Å². The van der Waals surface area contributed by atoms with Gasteiger partial charge in [-0.2, -0.15) is 11.8 Å². The molecule has 1 aromatic rings. The number of methoxy groups -OCH3 is 1. The summed E-state index contributed by atoms with van der Waals surface area (Å²) in [5.41, 5.74) is 1.27. The standard InChI is InChI=1S/C13H21NOS/c1-10(9-16-4)14-11(2)12-6-5-7-13(8-12)15-3/h5-8,10-11,14H,9H2,1-4H3. The van der Waals surface area contributed by atoms with Crippen molar-refractivity contribution in [1.82, 2.24) is 5.32 Å². The molecule has 2 atom stereocenters. The van der Waals surface area contributed by atoms with Gasteiger partial charge in [-0.1, -0.05) is 12.1 Å². The van der Waals surface area contributed by atoms with E-state index in [4.69, 9.17) is 4.74 Å². The van der Waals surface area contributed by atoms with Crippen molar-refractivity contribution in [2.45, 2.75) is 25.9 Å². The Morgan fingerprint density at radius 1 is 1.38 bits per heavy atom. The molecule has 0 saturated carbocycles. The van der Waals surface area contributed by atoms with Crippen molar-refractivity contribution in [2.24, 2.45) is 0 Å². The molecule has 1 aromatic carbocycles. The monoisotopic (exact) mass is 239 g/mol. The van der Waals surface area contributed by atoms with Crippen LogP contribution in [0.15, 0.2) is 24.3 Å². The molecule has 0 aromatic heterocycles. The first kappa shape index (κ1) is 13.4. The SMILES string of the molecule is COc1cccc(C(C)NC(C)CSC)c1. The smallest absolute Gasteiger partial charge is 0.119 e. The molecular formula is C13H21NOS. The molecule has 0 spiro atoms. The number of benzene rings is 1. The van der Waals surface area contributed by atoms with Gasteiger partial charge in [0.2, 0.25) is 0 Å². The Kier molecular flexibility index (Phi) is 5.71. The third-order valence-electron chi connectivity index (χ3n) is 2.54. The molecule has 0 aliphatic carbocycles. The number of ether oxygens (including phenoxy) is 1. The van der Waals surface area contributed by atoms with E-state index in [1.54, 1.807) is 7.11 Å². The van der Waals surface area contributed by atoms with E-state index < -0.39 is 0 Å². The Hall–Kier alpha value is -0.670. The lowest BCUT2D eigenvalue weighted by atomic mass is 10.1. The van der Waals surface area contributed by atoms with Crippen molar-refractivity contribution in [3.63, 3.8) is 0 Å². The fourth-order valence-corrected chi connectivity index (χ4v) is 2.33. The highest BCUT2D eigenvalue weighted by molar-refractivity contribution is 7.98. The molecule has 0 amide bonds. The fourth-order valence-electron chi connectivity index (χ4n) is 1.73. The van der Waals surface area contributed by atoms with Gasteiger partial charge in [-0.25, -0.2) is 0 Å². The van der Waals surface area contributed by atoms with Crippen molar-refractivity contribution in [3.05, 3.63) is 29.8 Å². The molecule has 0 aliphatic heterocycles. The van der Waals surface area contributed by atoms with Gasteiger partial charge in [-0.3, -0.25) is 0 Å².